The molecule has 0 aromatic carbocycles. The predicted molar refractivity (Wildman–Crippen MR) is 52.5 cm³/mol. The fourth-order valence-corrected chi connectivity index (χ4v) is 1.67. The van der Waals surface area contributed by atoms with Crippen molar-refractivity contribution in [2.75, 3.05) is 6.26 Å². The molecule has 0 saturated carbocycles. The molecule has 1 aromatic heterocycles. The Balaban J connectivity index is 2.91. The topological polar surface area (TPSA) is 72.2 Å². The second kappa shape index (κ2) is 3.70. The van der Waals surface area contributed by atoms with Crippen molar-refractivity contribution in [3.8, 4) is 0 Å². The van der Waals surface area contributed by atoms with Gasteiger partial charge in [0.2, 0.25) is 0 Å². The largest absolute Gasteiger partial charge is 0.385 e. The molecule has 0 saturated heterocycles. The van der Waals surface area contributed by atoms with E-state index in [9.17, 15) is 13.5 Å². The van der Waals surface area contributed by atoms with Crippen LogP contribution >= 0.6 is 0 Å². The van der Waals surface area contributed by atoms with Crippen molar-refractivity contribution in [2.24, 2.45) is 7.05 Å². The van der Waals surface area contributed by atoms with E-state index in [-0.39, 0.29) is 0 Å². The molecule has 0 fully saturated rings. The summed E-state index contributed by atoms with van der Waals surface area (Å²) in [6.45, 7) is 1.47. The molecule has 0 radical (unpaired) electrons. The number of hydrogen-bond acceptors (Lipinski definition) is 4. The highest BCUT2D eigenvalue weighted by Gasteiger charge is 2.26. The molecule has 1 rings (SSSR count). The number of sulfone groups is 1. The van der Waals surface area contributed by atoms with E-state index in [2.05, 4.69) is 5.10 Å². The lowest BCUT2D eigenvalue weighted by atomic mass is 10.2. The monoisotopic (exact) mass is 218 g/mol. The Labute approximate surface area is 83.3 Å². The number of aromatic nitrogens is 2. The lowest BCUT2D eigenvalue weighted by Gasteiger charge is -2.14. The molecule has 80 valence electrons. The molecule has 0 amide bonds. The van der Waals surface area contributed by atoms with E-state index in [4.69, 9.17) is 0 Å². The lowest BCUT2D eigenvalue weighted by Crippen LogP contribution is -2.24. The number of aryl methyl sites for hydroxylation is 1. The Morgan fingerprint density at radius 1 is 1.57 bits per heavy atom. The van der Waals surface area contributed by atoms with Gasteiger partial charge in [0.05, 0.1) is 10.9 Å². The summed E-state index contributed by atoms with van der Waals surface area (Å²) in [5.74, 6) is 0. The highest BCUT2D eigenvalue weighted by Crippen LogP contribution is 2.19. The zero-order valence-corrected chi connectivity index (χ0v) is 9.19. The zero-order chi connectivity index (χ0) is 10.9. The van der Waals surface area contributed by atoms with Gasteiger partial charge in [0.1, 0.15) is 6.10 Å². The standard InChI is InChI=1S/C8H14N2O3S/c1-6(14(3,12)13)8(11)7-4-5-10(2)9-7/h4-6,8,11H,1-3H3. The lowest BCUT2D eigenvalue weighted by molar-refractivity contribution is 0.170. The molecule has 0 aliphatic heterocycles. The van der Waals surface area contributed by atoms with Crippen LogP contribution < -0.4 is 0 Å². The molecule has 0 spiro atoms. The summed E-state index contributed by atoms with van der Waals surface area (Å²) in [6.07, 6.45) is 1.70. The van der Waals surface area contributed by atoms with Gasteiger partial charge in [0.15, 0.2) is 9.84 Å². The van der Waals surface area contributed by atoms with E-state index in [0.717, 1.165) is 6.26 Å². The van der Waals surface area contributed by atoms with Crippen LogP contribution in [0.3, 0.4) is 0 Å². The molecule has 0 aliphatic carbocycles. The Bertz CT molecular complexity index is 410. The smallest absolute Gasteiger partial charge is 0.152 e. The minimum Gasteiger partial charge on any atom is -0.385 e. The number of hydrogen-bond donors (Lipinski definition) is 1. The minimum atomic E-state index is -3.24. The van der Waals surface area contributed by atoms with Crippen molar-refractivity contribution in [2.45, 2.75) is 18.3 Å². The average Bonchev–Trinajstić information content (AvgIpc) is 2.47. The molecule has 2 atom stereocenters. The van der Waals surface area contributed by atoms with Gasteiger partial charge < -0.3 is 5.11 Å². The Kier molecular flexibility index (Phi) is 2.96. The molecule has 0 aliphatic rings. The highest BCUT2D eigenvalue weighted by molar-refractivity contribution is 7.91. The SMILES string of the molecule is CC(C(O)c1ccn(C)n1)S(C)(=O)=O. The Morgan fingerprint density at radius 3 is 2.50 bits per heavy atom. The van der Waals surface area contributed by atoms with Gasteiger partial charge in [-0.2, -0.15) is 5.10 Å². The van der Waals surface area contributed by atoms with Crippen molar-refractivity contribution in [3.05, 3.63) is 18.0 Å². The zero-order valence-electron chi connectivity index (χ0n) is 8.38. The molecule has 5 nitrogen and oxygen atoms in total. The second-order valence-electron chi connectivity index (χ2n) is 3.39. The van der Waals surface area contributed by atoms with Gasteiger partial charge in [-0.3, -0.25) is 4.68 Å². The van der Waals surface area contributed by atoms with Gasteiger partial charge in [-0.15, -0.1) is 0 Å². The van der Waals surface area contributed by atoms with Gasteiger partial charge in [-0.1, -0.05) is 0 Å². The Hall–Kier alpha value is -0.880. The maximum atomic E-state index is 11.2. The van der Waals surface area contributed by atoms with E-state index in [1.54, 1.807) is 19.3 Å². The van der Waals surface area contributed by atoms with E-state index in [0.29, 0.717) is 5.69 Å². The van der Waals surface area contributed by atoms with Gasteiger partial charge in [-0.25, -0.2) is 8.42 Å². The second-order valence-corrected chi connectivity index (χ2v) is 5.80. The molecule has 14 heavy (non-hydrogen) atoms. The van der Waals surface area contributed by atoms with E-state index in [1.165, 1.54) is 11.6 Å². The summed E-state index contributed by atoms with van der Waals surface area (Å²) in [6, 6.07) is 1.60. The van der Waals surface area contributed by atoms with Crippen LogP contribution in [0.15, 0.2) is 12.3 Å². The molecule has 6 heteroatoms. The summed E-state index contributed by atoms with van der Waals surface area (Å²) in [4.78, 5) is 0. The summed E-state index contributed by atoms with van der Waals surface area (Å²) < 4.78 is 23.8. The number of rotatable bonds is 3. The van der Waals surface area contributed by atoms with Crippen molar-refractivity contribution in [1.82, 2.24) is 9.78 Å². The summed E-state index contributed by atoms with van der Waals surface area (Å²) in [5, 5.41) is 12.8. The molecular weight excluding hydrogens is 204 g/mol. The Morgan fingerprint density at radius 2 is 2.14 bits per heavy atom. The minimum absolute atomic E-state index is 0.380. The fraction of sp³-hybridized carbons (Fsp3) is 0.625. The van der Waals surface area contributed by atoms with E-state index >= 15 is 0 Å². The average molecular weight is 218 g/mol. The maximum Gasteiger partial charge on any atom is 0.152 e. The number of aliphatic hydroxyl groups is 1. The van der Waals surface area contributed by atoms with Crippen LogP contribution in [0.25, 0.3) is 0 Å². The first-order chi connectivity index (χ1) is 6.32. The predicted octanol–water partition coefficient (Wildman–Crippen LogP) is -0.113. The van der Waals surface area contributed by atoms with E-state index in [1.807, 2.05) is 0 Å². The third kappa shape index (κ3) is 2.33. The van der Waals surface area contributed by atoms with Crippen LogP contribution in [-0.2, 0) is 16.9 Å². The van der Waals surface area contributed by atoms with Crippen molar-refractivity contribution in [1.29, 1.82) is 0 Å². The van der Waals surface area contributed by atoms with Crippen LogP contribution in [-0.4, -0.2) is 34.8 Å². The van der Waals surface area contributed by atoms with E-state index < -0.39 is 21.2 Å². The third-order valence-electron chi connectivity index (χ3n) is 2.16. The quantitative estimate of drug-likeness (QED) is 0.768. The maximum absolute atomic E-state index is 11.2. The normalized spacial score (nSPS) is 16.6. The number of aliphatic hydroxyl groups excluding tert-OH is 1. The van der Waals surface area contributed by atoms with Crippen LogP contribution in [0.5, 0.6) is 0 Å². The molecule has 1 aromatic rings. The van der Waals surface area contributed by atoms with Crippen molar-refractivity contribution in [3.63, 3.8) is 0 Å². The summed E-state index contributed by atoms with van der Waals surface area (Å²) >= 11 is 0. The first-order valence-electron chi connectivity index (χ1n) is 4.19. The molecule has 1 heterocycles. The van der Waals surface area contributed by atoms with Crippen LogP contribution in [0.1, 0.15) is 18.7 Å². The third-order valence-corrected chi connectivity index (χ3v) is 3.77. The molecular formula is C8H14N2O3S. The van der Waals surface area contributed by atoms with Crippen LogP contribution in [0.4, 0.5) is 0 Å². The van der Waals surface area contributed by atoms with Crippen molar-refractivity contribution >= 4 is 9.84 Å². The fourth-order valence-electron chi connectivity index (χ4n) is 1.07. The van der Waals surface area contributed by atoms with Gasteiger partial charge in [0.25, 0.3) is 0 Å². The first-order valence-corrected chi connectivity index (χ1v) is 6.14. The first kappa shape index (κ1) is 11.2. The van der Waals surface area contributed by atoms with Crippen LogP contribution in [0, 0.1) is 0 Å². The number of nitrogens with zero attached hydrogens (tertiary/aromatic N) is 2. The summed E-state index contributed by atoms with van der Waals surface area (Å²) in [5.41, 5.74) is 0.380. The molecule has 1 N–H and O–H groups in total. The highest BCUT2D eigenvalue weighted by atomic mass is 32.2. The molecule has 0 bridgehead atoms. The van der Waals surface area contributed by atoms with Crippen LogP contribution in [0.2, 0.25) is 0 Å². The summed E-state index contributed by atoms with van der Waals surface area (Å²) in [7, 11) is -1.53. The van der Waals surface area contributed by atoms with Gasteiger partial charge >= 0.3 is 0 Å². The van der Waals surface area contributed by atoms with Crippen molar-refractivity contribution < 1.29 is 13.5 Å². The molecule has 2 unspecified atom stereocenters. The van der Waals surface area contributed by atoms with Gasteiger partial charge in [0, 0.05) is 19.5 Å². The van der Waals surface area contributed by atoms with Gasteiger partial charge in [-0.05, 0) is 13.0 Å².